The zero-order valence-electron chi connectivity index (χ0n) is 16.3. The summed E-state index contributed by atoms with van der Waals surface area (Å²) in [7, 11) is 3.42. The molecular weight excluding hydrogens is 348 g/mol. The molecule has 4 rings (SSSR count). The van der Waals surface area contributed by atoms with Gasteiger partial charge in [-0.05, 0) is 38.7 Å². The van der Waals surface area contributed by atoms with Crippen molar-refractivity contribution in [1.29, 1.82) is 0 Å². The monoisotopic (exact) mass is 376 g/mol. The lowest BCUT2D eigenvalue weighted by Gasteiger charge is -2.61. The Morgan fingerprint density at radius 2 is 1.96 bits per heavy atom. The lowest BCUT2D eigenvalue weighted by molar-refractivity contribution is -0.213. The molecule has 2 amide bonds. The summed E-state index contributed by atoms with van der Waals surface area (Å²) in [5.41, 5.74) is 1.24. The number of carbonyl (C=O) groups excluding carboxylic acids is 2. The quantitative estimate of drug-likeness (QED) is 0.728. The second-order valence-electron chi connectivity index (χ2n) is 7.86. The number of ether oxygens (including phenoxy) is 2. The zero-order valence-corrected chi connectivity index (χ0v) is 16.3. The van der Waals surface area contributed by atoms with Crippen LogP contribution in [0, 0.1) is 6.92 Å². The number of aryl methyl sites for hydroxylation is 2. The molecule has 1 unspecified atom stereocenters. The Bertz CT molecular complexity index is 732. The molecule has 1 aromatic heterocycles. The second-order valence-corrected chi connectivity index (χ2v) is 7.86. The van der Waals surface area contributed by atoms with Gasteiger partial charge in [0, 0.05) is 46.5 Å². The number of hydrogen-bond donors (Lipinski definition) is 0. The van der Waals surface area contributed by atoms with Crippen molar-refractivity contribution in [2.75, 3.05) is 33.4 Å². The van der Waals surface area contributed by atoms with E-state index < -0.39 is 0 Å². The molecule has 4 heterocycles. The lowest BCUT2D eigenvalue weighted by atomic mass is 9.72. The first-order valence-corrected chi connectivity index (χ1v) is 9.71. The van der Waals surface area contributed by atoms with Crippen molar-refractivity contribution in [2.24, 2.45) is 7.05 Å². The Labute approximate surface area is 159 Å². The van der Waals surface area contributed by atoms with Gasteiger partial charge >= 0.3 is 0 Å². The standard InChI is InChI=1S/C19H28N4O4/c1-13-12-15(21(2)20-13)17(24)22-8-4-14(5-9-22)23-18(25)16(26-3)19(23)6-10-27-11-7-19/h12,14,16H,4-11H2,1-3H3. The van der Waals surface area contributed by atoms with Gasteiger partial charge in [-0.15, -0.1) is 0 Å². The summed E-state index contributed by atoms with van der Waals surface area (Å²) in [5, 5.41) is 4.27. The van der Waals surface area contributed by atoms with Crippen LogP contribution >= 0.6 is 0 Å². The van der Waals surface area contributed by atoms with Crippen LogP contribution in [0.4, 0.5) is 0 Å². The number of aromatic nitrogens is 2. The Hall–Kier alpha value is -1.93. The maximum Gasteiger partial charge on any atom is 0.272 e. The van der Waals surface area contributed by atoms with Crippen LogP contribution in [0.5, 0.6) is 0 Å². The van der Waals surface area contributed by atoms with Gasteiger partial charge in [-0.3, -0.25) is 14.3 Å². The number of β-lactam (4-membered cyclic amide) rings is 1. The molecule has 0 aliphatic carbocycles. The van der Waals surface area contributed by atoms with E-state index in [0.717, 1.165) is 31.4 Å². The minimum Gasteiger partial charge on any atom is -0.381 e. The van der Waals surface area contributed by atoms with E-state index in [1.165, 1.54) is 0 Å². The summed E-state index contributed by atoms with van der Waals surface area (Å²) in [6.45, 7) is 4.53. The molecule has 0 saturated carbocycles. The smallest absolute Gasteiger partial charge is 0.272 e. The summed E-state index contributed by atoms with van der Waals surface area (Å²) < 4.78 is 12.7. The Kier molecular flexibility index (Phi) is 4.71. The predicted molar refractivity (Wildman–Crippen MR) is 97.3 cm³/mol. The first-order chi connectivity index (χ1) is 13.0. The fraction of sp³-hybridized carbons (Fsp3) is 0.737. The highest BCUT2D eigenvalue weighted by Gasteiger charge is 2.62. The third-order valence-corrected chi connectivity index (χ3v) is 6.36. The van der Waals surface area contributed by atoms with Crippen LogP contribution in [0.2, 0.25) is 0 Å². The highest BCUT2D eigenvalue weighted by atomic mass is 16.5. The van der Waals surface area contributed by atoms with Crippen molar-refractivity contribution in [3.63, 3.8) is 0 Å². The van der Waals surface area contributed by atoms with E-state index in [0.29, 0.717) is 32.0 Å². The normalized spacial score (nSPS) is 25.7. The van der Waals surface area contributed by atoms with Crippen molar-refractivity contribution in [1.82, 2.24) is 19.6 Å². The van der Waals surface area contributed by atoms with Crippen molar-refractivity contribution < 1.29 is 19.1 Å². The molecule has 8 heteroatoms. The van der Waals surface area contributed by atoms with Crippen molar-refractivity contribution in [3.05, 3.63) is 17.5 Å². The van der Waals surface area contributed by atoms with Crippen LogP contribution in [0.25, 0.3) is 0 Å². The third-order valence-electron chi connectivity index (χ3n) is 6.36. The molecule has 0 bridgehead atoms. The van der Waals surface area contributed by atoms with Gasteiger partial charge in [0.2, 0.25) is 0 Å². The Morgan fingerprint density at radius 1 is 1.30 bits per heavy atom. The molecule has 0 radical (unpaired) electrons. The van der Waals surface area contributed by atoms with Crippen molar-refractivity contribution in [2.45, 2.75) is 50.3 Å². The van der Waals surface area contributed by atoms with Crippen molar-refractivity contribution in [3.8, 4) is 0 Å². The summed E-state index contributed by atoms with van der Waals surface area (Å²) >= 11 is 0. The minimum atomic E-state index is -0.349. The van der Waals surface area contributed by atoms with Gasteiger partial charge in [-0.25, -0.2) is 0 Å². The summed E-state index contributed by atoms with van der Waals surface area (Å²) in [4.78, 5) is 29.4. The van der Waals surface area contributed by atoms with Crippen LogP contribution in [-0.4, -0.2) is 82.5 Å². The molecule has 0 N–H and O–H groups in total. The first-order valence-electron chi connectivity index (χ1n) is 9.71. The Morgan fingerprint density at radius 3 is 2.52 bits per heavy atom. The SMILES string of the molecule is COC1C(=O)N(C2CCN(C(=O)c3cc(C)nn3C)CC2)C12CCOCC2. The van der Waals surface area contributed by atoms with Gasteiger partial charge in [0.1, 0.15) is 5.69 Å². The van der Waals surface area contributed by atoms with Gasteiger partial charge in [0.25, 0.3) is 11.8 Å². The fourth-order valence-electron chi connectivity index (χ4n) is 5.03. The number of carbonyl (C=O) groups is 2. The molecule has 3 saturated heterocycles. The minimum absolute atomic E-state index is 0.0158. The topological polar surface area (TPSA) is 76.9 Å². The van der Waals surface area contributed by atoms with E-state index in [9.17, 15) is 9.59 Å². The number of likely N-dealkylation sites (tertiary alicyclic amines) is 2. The van der Waals surface area contributed by atoms with Crippen molar-refractivity contribution >= 4 is 11.8 Å². The van der Waals surface area contributed by atoms with Gasteiger partial charge in [-0.1, -0.05) is 0 Å². The molecule has 1 atom stereocenters. The Balaban J connectivity index is 1.43. The number of piperidine rings is 1. The molecule has 148 valence electrons. The molecule has 3 fully saturated rings. The molecule has 3 aliphatic rings. The molecule has 0 aromatic carbocycles. The highest BCUT2D eigenvalue weighted by Crippen LogP contribution is 2.45. The average Bonchev–Trinajstić information content (AvgIpc) is 3.01. The van der Waals surface area contributed by atoms with Crippen LogP contribution in [-0.2, 0) is 21.3 Å². The second kappa shape index (κ2) is 6.91. The third kappa shape index (κ3) is 2.86. The summed E-state index contributed by atoms with van der Waals surface area (Å²) in [6.07, 6.45) is 2.90. The largest absolute Gasteiger partial charge is 0.381 e. The van der Waals surface area contributed by atoms with Crippen LogP contribution < -0.4 is 0 Å². The summed E-state index contributed by atoms with van der Waals surface area (Å²) in [5.74, 6) is 0.105. The molecule has 3 aliphatic heterocycles. The lowest BCUT2D eigenvalue weighted by Crippen LogP contribution is -2.79. The first kappa shape index (κ1) is 18.4. The van der Waals surface area contributed by atoms with E-state index >= 15 is 0 Å². The average molecular weight is 376 g/mol. The van der Waals surface area contributed by atoms with Crippen LogP contribution in [0.3, 0.4) is 0 Å². The van der Waals surface area contributed by atoms with E-state index in [-0.39, 0.29) is 29.5 Å². The van der Waals surface area contributed by atoms with Gasteiger partial charge < -0.3 is 19.3 Å². The maximum absolute atomic E-state index is 12.8. The molecule has 1 spiro atoms. The van der Waals surface area contributed by atoms with Gasteiger partial charge in [0.05, 0.1) is 11.2 Å². The fourth-order valence-corrected chi connectivity index (χ4v) is 5.03. The zero-order chi connectivity index (χ0) is 19.2. The highest BCUT2D eigenvalue weighted by molar-refractivity contribution is 5.93. The number of rotatable bonds is 3. The molecule has 27 heavy (non-hydrogen) atoms. The van der Waals surface area contributed by atoms with Gasteiger partial charge in [-0.2, -0.15) is 5.10 Å². The van der Waals surface area contributed by atoms with E-state index in [4.69, 9.17) is 9.47 Å². The number of hydrogen-bond acceptors (Lipinski definition) is 5. The predicted octanol–water partition coefficient (Wildman–Crippen LogP) is 0.740. The van der Waals surface area contributed by atoms with Crippen LogP contribution in [0.15, 0.2) is 6.07 Å². The number of nitrogens with zero attached hydrogens (tertiary/aromatic N) is 4. The number of methoxy groups -OCH3 is 1. The number of amides is 2. The molecule has 1 aromatic rings. The van der Waals surface area contributed by atoms with E-state index in [1.54, 1.807) is 18.8 Å². The van der Waals surface area contributed by atoms with Gasteiger partial charge in [0.15, 0.2) is 6.10 Å². The van der Waals surface area contributed by atoms with Crippen LogP contribution in [0.1, 0.15) is 41.9 Å². The summed E-state index contributed by atoms with van der Waals surface area (Å²) in [6, 6.07) is 1.99. The van der Waals surface area contributed by atoms with E-state index in [2.05, 4.69) is 10.00 Å². The molecule has 8 nitrogen and oxygen atoms in total. The molecular formula is C19H28N4O4. The maximum atomic E-state index is 12.8. The van der Waals surface area contributed by atoms with E-state index in [1.807, 2.05) is 17.9 Å².